The highest BCUT2D eigenvalue weighted by atomic mass is 16.5. The minimum Gasteiger partial charge on any atom is -0.496 e. The summed E-state index contributed by atoms with van der Waals surface area (Å²) in [4.78, 5) is 27.3. The van der Waals surface area contributed by atoms with Crippen LogP contribution >= 0.6 is 0 Å². The Morgan fingerprint density at radius 1 is 0.914 bits per heavy atom. The summed E-state index contributed by atoms with van der Waals surface area (Å²) >= 11 is 0. The number of hydrogen-bond donors (Lipinski definition) is 0. The van der Waals surface area contributed by atoms with Gasteiger partial charge in [0.15, 0.2) is 5.78 Å². The first kappa shape index (κ1) is 22.9. The number of likely N-dealkylation sites (tertiary alicyclic amines) is 1. The van der Waals surface area contributed by atoms with Gasteiger partial charge in [-0.1, -0.05) is 54.6 Å². The summed E-state index contributed by atoms with van der Waals surface area (Å²) in [6.45, 7) is 1.23. The number of para-hydroxylation sites is 1. The van der Waals surface area contributed by atoms with Gasteiger partial charge in [-0.15, -0.1) is 0 Å². The Morgan fingerprint density at radius 2 is 1.66 bits per heavy atom. The molecule has 0 radical (unpaired) electrons. The van der Waals surface area contributed by atoms with Crippen LogP contribution < -0.4 is 9.47 Å². The summed E-state index contributed by atoms with van der Waals surface area (Å²) in [6, 6.07) is 23.7. The molecule has 2 aliphatic rings. The van der Waals surface area contributed by atoms with Crippen molar-refractivity contribution < 1.29 is 19.1 Å². The van der Waals surface area contributed by atoms with Gasteiger partial charge in [-0.3, -0.25) is 9.59 Å². The largest absolute Gasteiger partial charge is 0.496 e. The van der Waals surface area contributed by atoms with Crippen molar-refractivity contribution in [2.45, 2.75) is 31.3 Å². The number of piperidine rings is 1. The third kappa shape index (κ3) is 4.85. The molecule has 2 aliphatic heterocycles. The summed E-state index contributed by atoms with van der Waals surface area (Å²) in [6.07, 6.45) is 6.14. The van der Waals surface area contributed by atoms with E-state index in [1.165, 1.54) is 5.56 Å². The fourth-order valence-corrected chi connectivity index (χ4v) is 4.87. The maximum Gasteiger partial charge on any atom is 0.223 e. The first-order valence-electron chi connectivity index (χ1n) is 12.1. The summed E-state index contributed by atoms with van der Waals surface area (Å²) in [5.41, 5.74) is 3.56. The number of carbonyl (C=O) groups excluding carboxylic acids is 2. The van der Waals surface area contributed by atoms with Crippen molar-refractivity contribution in [1.82, 2.24) is 4.90 Å². The minimum absolute atomic E-state index is 0.00999. The Kier molecular flexibility index (Phi) is 6.41. The molecule has 0 saturated carbocycles. The Hall–Kier alpha value is -3.86. The molecule has 0 aliphatic carbocycles. The number of nitrogens with zero attached hydrogens (tertiary/aromatic N) is 1. The maximum atomic E-state index is 12.8. The van der Waals surface area contributed by atoms with Gasteiger partial charge in [0.25, 0.3) is 0 Å². The van der Waals surface area contributed by atoms with Crippen LogP contribution in [0.5, 0.6) is 11.5 Å². The van der Waals surface area contributed by atoms with Gasteiger partial charge in [0.2, 0.25) is 5.91 Å². The SMILES string of the molecule is COc1ccccc1C(=O)CCC(=O)N1CCC2(C=Cc3cc(-c4ccccc4)ccc3O2)CC1. The van der Waals surface area contributed by atoms with Crippen LogP contribution in [0.3, 0.4) is 0 Å². The monoisotopic (exact) mass is 467 g/mol. The number of methoxy groups -OCH3 is 1. The fraction of sp³-hybridized carbons (Fsp3) is 0.267. The zero-order chi connectivity index (χ0) is 24.3. The molecule has 1 spiro atoms. The Labute approximate surface area is 206 Å². The zero-order valence-electron chi connectivity index (χ0n) is 19.9. The standard InChI is InChI=1S/C30H29NO4/c1-34-28-10-6-5-9-25(28)26(32)12-14-29(33)31-19-17-30(18-20-31)16-15-24-21-23(11-13-27(24)35-30)22-7-3-2-4-8-22/h2-11,13,15-16,21H,12,14,17-20H2,1H3. The molecule has 0 aromatic heterocycles. The van der Waals surface area contributed by atoms with E-state index in [4.69, 9.17) is 9.47 Å². The zero-order valence-corrected chi connectivity index (χ0v) is 19.9. The van der Waals surface area contributed by atoms with Crippen LogP contribution in [0.25, 0.3) is 17.2 Å². The maximum absolute atomic E-state index is 12.8. The molecule has 0 atom stereocenters. The topological polar surface area (TPSA) is 55.8 Å². The van der Waals surface area contributed by atoms with E-state index in [1.54, 1.807) is 25.3 Å². The van der Waals surface area contributed by atoms with Crippen LogP contribution in [0.1, 0.15) is 41.6 Å². The van der Waals surface area contributed by atoms with E-state index in [-0.39, 0.29) is 30.1 Å². The number of carbonyl (C=O) groups is 2. The van der Waals surface area contributed by atoms with Gasteiger partial charge < -0.3 is 14.4 Å². The lowest BCUT2D eigenvalue weighted by Gasteiger charge is -2.42. The molecular weight excluding hydrogens is 438 g/mol. The Bertz CT molecular complexity index is 1260. The van der Waals surface area contributed by atoms with E-state index in [2.05, 4.69) is 36.4 Å². The van der Waals surface area contributed by atoms with Gasteiger partial charge in [0, 0.05) is 44.3 Å². The molecule has 1 amide bonds. The van der Waals surface area contributed by atoms with Crippen molar-refractivity contribution in [2.24, 2.45) is 0 Å². The summed E-state index contributed by atoms with van der Waals surface area (Å²) in [7, 11) is 1.54. The van der Waals surface area contributed by atoms with E-state index < -0.39 is 0 Å². The number of Topliss-reactive ketones (excluding diaryl/α,β-unsaturated/α-hetero) is 1. The molecular formula is C30H29NO4. The molecule has 1 fully saturated rings. The van der Waals surface area contributed by atoms with E-state index in [1.807, 2.05) is 35.2 Å². The Morgan fingerprint density at radius 3 is 2.43 bits per heavy atom. The molecule has 178 valence electrons. The smallest absolute Gasteiger partial charge is 0.223 e. The highest BCUT2D eigenvalue weighted by molar-refractivity contribution is 6.00. The predicted molar refractivity (Wildman–Crippen MR) is 137 cm³/mol. The van der Waals surface area contributed by atoms with Gasteiger partial charge >= 0.3 is 0 Å². The molecule has 35 heavy (non-hydrogen) atoms. The first-order chi connectivity index (χ1) is 17.1. The van der Waals surface area contributed by atoms with Crippen LogP contribution in [0.2, 0.25) is 0 Å². The number of ether oxygens (including phenoxy) is 2. The molecule has 5 rings (SSSR count). The van der Waals surface area contributed by atoms with Gasteiger partial charge in [-0.2, -0.15) is 0 Å². The van der Waals surface area contributed by atoms with E-state index in [9.17, 15) is 9.59 Å². The second-order valence-corrected chi connectivity index (χ2v) is 9.12. The van der Waals surface area contributed by atoms with Crippen LogP contribution in [-0.4, -0.2) is 42.4 Å². The van der Waals surface area contributed by atoms with Gasteiger partial charge in [0.05, 0.1) is 12.7 Å². The minimum atomic E-state index is -0.384. The average Bonchev–Trinajstić information content (AvgIpc) is 2.92. The number of benzene rings is 3. The van der Waals surface area contributed by atoms with Crippen molar-refractivity contribution in [3.8, 4) is 22.6 Å². The molecule has 0 bridgehead atoms. The molecule has 5 nitrogen and oxygen atoms in total. The van der Waals surface area contributed by atoms with Gasteiger partial charge in [-0.05, 0) is 41.5 Å². The summed E-state index contributed by atoms with van der Waals surface area (Å²) in [5.74, 6) is 1.36. The highest BCUT2D eigenvalue weighted by Gasteiger charge is 2.38. The van der Waals surface area contributed by atoms with Crippen LogP contribution in [0, 0.1) is 0 Å². The quantitative estimate of drug-likeness (QED) is 0.431. The van der Waals surface area contributed by atoms with Crippen molar-refractivity contribution in [3.63, 3.8) is 0 Å². The number of hydrogen-bond acceptors (Lipinski definition) is 4. The van der Waals surface area contributed by atoms with Crippen molar-refractivity contribution in [1.29, 1.82) is 0 Å². The molecule has 0 unspecified atom stereocenters. The fourth-order valence-electron chi connectivity index (χ4n) is 4.87. The van der Waals surface area contributed by atoms with Crippen LogP contribution in [0.4, 0.5) is 0 Å². The normalized spacial score (nSPS) is 15.9. The first-order valence-corrected chi connectivity index (χ1v) is 12.1. The molecule has 3 aromatic carbocycles. The van der Waals surface area contributed by atoms with Gasteiger partial charge in [0.1, 0.15) is 17.1 Å². The lowest BCUT2D eigenvalue weighted by atomic mass is 9.87. The summed E-state index contributed by atoms with van der Waals surface area (Å²) in [5, 5.41) is 0. The van der Waals surface area contributed by atoms with Gasteiger partial charge in [-0.25, -0.2) is 0 Å². The number of ketones is 1. The predicted octanol–water partition coefficient (Wildman–Crippen LogP) is 5.79. The van der Waals surface area contributed by atoms with E-state index in [0.29, 0.717) is 24.4 Å². The molecule has 0 N–H and O–H groups in total. The lowest BCUT2D eigenvalue weighted by Crippen LogP contribution is -2.49. The van der Waals surface area contributed by atoms with Crippen molar-refractivity contribution in [3.05, 3.63) is 90.0 Å². The molecule has 2 heterocycles. The summed E-state index contributed by atoms with van der Waals surface area (Å²) < 4.78 is 11.7. The van der Waals surface area contributed by atoms with Crippen molar-refractivity contribution in [2.75, 3.05) is 20.2 Å². The van der Waals surface area contributed by atoms with Crippen LogP contribution in [0.15, 0.2) is 78.9 Å². The second kappa shape index (κ2) is 9.79. The average molecular weight is 468 g/mol. The Balaban J connectivity index is 1.17. The highest BCUT2D eigenvalue weighted by Crippen LogP contribution is 2.39. The number of amides is 1. The molecule has 1 saturated heterocycles. The van der Waals surface area contributed by atoms with E-state index >= 15 is 0 Å². The van der Waals surface area contributed by atoms with Crippen LogP contribution in [-0.2, 0) is 4.79 Å². The molecule has 3 aromatic rings. The van der Waals surface area contributed by atoms with Crippen molar-refractivity contribution >= 4 is 17.8 Å². The lowest BCUT2D eigenvalue weighted by molar-refractivity contribution is -0.133. The number of rotatable bonds is 6. The van der Waals surface area contributed by atoms with E-state index in [0.717, 1.165) is 29.7 Å². The molecule has 5 heteroatoms. The number of fused-ring (bicyclic) bond motifs is 1. The second-order valence-electron chi connectivity index (χ2n) is 9.12. The third-order valence-corrected chi connectivity index (χ3v) is 6.93. The third-order valence-electron chi connectivity index (χ3n) is 6.93.